The van der Waals surface area contributed by atoms with Crippen LogP contribution in [0.5, 0.6) is 0 Å². The third kappa shape index (κ3) is 6.83. The number of carbonyl (C=O) groups excluding carboxylic acids is 1. The van der Waals surface area contributed by atoms with Gasteiger partial charge in [-0.1, -0.05) is 20.8 Å². The lowest BCUT2D eigenvalue weighted by Gasteiger charge is -2.22. The van der Waals surface area contributed by atoms with Crippen molar-refractivity contribution in [3.63, 3.8) is 0 Å². The average Bonchev–Trinajstić information content (AvgIpc) is 2.15. The van der Waals surface area contributed by atoms with E-state index < -0.39 is 0 Å². The first-order valence-corrected chi connectivity index (χ1v) is 6.43. The minimum absolute atomic E-state index is 0.102. The Balaban J connectivity index is 3.95. The van der Waals surface area contributed by atoms with Crippen LogP contribution >= 0.6 is 0 Å². The van der Waals surface area contributed by atoms with Gasteiger partial charge in [0.25, 0.3) is 0 Å². The molecule has 3 nitrogen and oxygen atoms in total. The van der Waals surface area contributed by atoms with Crippen LogP contribution in [0.3, 0.4) is 0 Å². The first-order valence-electron chi connectivity index (χ1n) is 6.43. The smallest absolute Gasteiger partial charge is 0.237 e. The third-order valence-electron chi connectivity index (χ3n) is 2.75. The van der Waals surface area contributed by atoms with Crippen molar-refractivity contribution in [2.24, 2.45) is 5.92 Å². The van der Waals surface area contributed by atoms with Gasteiger partial charge in [-0.05, 0) is 39.5 Å². The number of hydrogen-bond acceptors (Lipinski definition) is 2. The number of nitrogens with one attached hydrogen (secondary N) is 2. The monoisotopic (exact) mass is 228 g/mol. The molecule has 3 atom stereocenters. The van der Waals surface area contributed by atoms with E-state index in [1.807, 2.05) is 13.8 Å². The number of rotatable bonds is 7. The van der Waals surface area contributed by atoms with Crippen molar-refractivity contribution in [3.8, 4) is 0 Å². The van der Waals surface area contributed by atoms with E-state index in [0.717, 1.165) is 12.8 Å². The normalized spacial score (nSPS) is 16.9. The summed E-state index contributed by atoms with van der Waals surface area (Å²) in [6, 6.07) is 0.539. The molecule has 0 spiro atoms. The fourth-order valence-electron chi connectivity index (χ4n) is 1.75. The van der Waals surface area contributed by atoms with E-state index in [9.17, 15) is 4.79 Å². The quantitative estimate of drug-likeness (QED) is 0.702. The molecule has 0 radical (unpaired) electrons. The zero-order valence-corrected chi connectivity index (χ0v) is 11.6. The van der Waals surface area contributed by atoms with Crippen LogP contribution in [0.1, 0.15) is 54.4 Å². The molecule has 0 heterocycles. The first-order chi connectivity index (χ1) is 7.36. The molecule has 0 fully saturated rings. The molecule has 0 saturated heterocycles. The molecule has 96 valence electrons. The molecule has 2 N–H and O–H groups in total. The van der Waals surface area contributed by atoms with E-state index in [4.69, 9.17) is 0 Å². The van der Waals surface area contributed by atoms with Crippen LogP contribution < -0.4 is 10.6 Å². The minimum atomic E-state index is -0.109. The highest BCUT2D eigenvalue weighted by Crippen LogP contribution is 2.04. The Morgan fingerprint density at radius 3 is 2.06 bits per heavy atom. The van der Waals surface area contributed by atoms with Gasteiger partial charge in [0.1, 0.15) is 0 Å². The van der Waals surface area contributed by atoms with E-state index in [1.54, 1.807) is 0 Å². The van der Waals surface area contributed by atoms with Crippen LogP contribution in [-0.2, 0) is 4.79 Å². The molecule has 3 unspecified atom stereocenters. The molecule has 3 heteroatoms. The van der Waals surface area contributed by atoms with E-state index in [-0.39, 0.29) is 18.0 Å². The molecule has 16 heavy (non-hydrogen) atoms. The first kappa shape index (κ1) is 15.4. The van der Waals surface area contributed by atoms with Crippen LogP contribution in [0.4, 0.5) is 0 Å². The summed E-state index contributed by atoms with van der Waals surface area (Å²) in [6.07, 6.45) is 2.07. The highest BCUT2D eigenvalue weighted by atomic mass is 16.2. The van der Waals surface area contributed by atoms with Crippen molar-refractivity contribution < 1.29 is 4.79 Å². The predicted molar refractivity (Wildman–Crippen MR) is 69.4 cm³/mol. The van der Waals surface area contributed by atoms with Crippen LogP contribution in [0.2, 0.25) is 0 Å². The molecule has 0 aliphatic carbocycles. The Hall–Kier alpha value is -0.570. The molecule has 0 aromatic rings. The lowest BCUT2D eigenvalue weighted by molar-refractivity contribution is -0.123. The zero-order chi connectivity index (χ0) is 12.7. The summed E-state index contributed by atoms with van der Waals surface area (Å²) < 4.78 is 0. The van der Waals surface area contributed by atoms with Gasteiger partial charge in [-0.3, -0.25) is 4.79 Å². The zero-order valence-electron chi connectivity index (χ0n) is 11.6. The average molecular weight is 228 g/mol. The molecule has 0 aromatic carbocycles. The van der Waals surface area contributed by atoms with Crippen LogP contribution in [0.15, 0.2) is 0 Å². The number of amides is 1. The largest absolute Gasteiger partial charge is 0.352 e. The number of hydrogen-bond donors (Lipinski definition) is 2. The Labute approximate surface area is 100 Å². The van der Waals surface area contributed by atoms with Crippen molar-refractivity contribution in [1.29, 1.82) is 0 Å². The molecular formula is C13H28N2O. The van der Waals surface area contributed by atoms with Crippen molar-refractivity contribution in [1.82, 2.24) is 10.6 Å². The highest BCUT2D eigenvalue weighted by molar-refractivity contribution is 5.81. The maximum Gasteiger partial charge on any atom is 0.237 e. The molecule has 0 aliphatic rings. The summed E-state index contributed by atoms with van der Waals surface area (Å²) in [5.74, 6) is 0.761. The fourth-order valence-corrected chi connectivity index (χ4v) is 1.75. The molecule has 0 saturated carbocycles. The Kier molecular flexibility index (Phi) is 7.39. The van der Waals surface area contributed by atoms with Crippen LogP contribution in [0, 0.1) is 5.92 Å². The maximum absolute atomic E-state index is 11.8. The van der Waals surface area contributed by atoms with Crippen molar-refractivity contribution in [2.45, 2.75) is 72.5 Å². The van der Waals surface area contributed by atoms with E-state index >= 15 is 0 Å². The van der Waals surface area contributed by atoms with Gasteiger partial charge in [-0.2, -0.15) is 0 Å². The Morgan fingerprint density at radius 1 is 1.06 bits per heavy atom. The molecule has 1 amide bonds. The van der Waals surface area contributed by atoms with Gasteiger partial charge in [-0.15, -0.1) is 0 Å². The van der Waals surface area contributed by atoms with Crippen molar-refractivity contribution >= 4 is 5.91 Å². The summed E-state index contributed by atoms with van der Waals surface area (Å²) in [5, 5.41) is 6.31. The molecule has 0 aliphatic heterocycles. The van der Waals surface area contributed by atoms with E-state index in [1.165, 1.54) is 0 Å². The van der Waals surface area contributed by atoms with Crippen molar-refractivity contribution in [3.05, 3.63) is 0 Å². The van der Waals surface area contributed by atoms with Crippen LogP contribution in [-0.4, -0.2) is 24.0 Å². The van der Waals surface area contributed by atoms with E-state index in [2.05, 4.69) is 38.3 Å². The lowest BCUT2D eigenvalue weighted by Crippen LogP contribution is -2.48. The second-order valence-corrected chi connectivity index (χ2v) is 5.24. The second kappa shape index (κ2) is 7.66. The Bertz CT molecular complexity index is 204. The van der Waals surface area contributed by atoms with Gasteiger partial charge < -0.3 is 10.6 Å². The topological polar surface area (TPSA) is 41.1 Å². The predicted octanol–water partition coefficient (Wildman–Crippen LogP) is 2.31. The van der Waals surface area contributed by atoms with E-state index in [0.29, 0.717) is 12.0 Å². The standard InChI is InChI=1S/C13H28N2O/c1-7-10(4)15-13(16)12(6)14-11(5)8-9(2)3/h9-12,14H,7-8H2,1-6H3,(H,15,16). The minimum Gasteiger partial charge on any atom is -0.352 e. The van der Waals surface area contributed by atoms with Gasteiger partial charge in [0.05, 0.1) is 6.04 Å². The Morgan fingerprint density at radius 2 is 1.62 bits per heavy atom. The SMILES string of the molecule is CCC(C)NC(=O)C(C)NC(C)CC(C)C. The summed E-state index contributed by atoms with van der Waals surface area (Å²) >= 11 is 0. The molecule has 0 rings (SSSR count). The van der Waals surface area contributed by atoms with Gasteiger partial charge in [0.15, 0.2) is 0 Å². The maximum atomic E-state index is 11.8. The molecular weight excluding hydrogens is 200 g/mol. The summed E-state index contributed by atoms with van der Waals surface area (Å²) in [7, 11) is 0. The van der Waals surface area contributed by atoms with Gasteiger partial charge in [0, 0.05) is 12.1 Å². The van der Waals surface area contributed by atoms with Gasteiger partial charge >= 0.3 is 0 Å². The summed E-state index contributed by atoms with van der Waals surface area (Å²) in [5.41, 5.74) is 0. The fraction of sp³-hybridized carbons (Fsp3) is 0.923. The summed E-state index contributed by atoms with van der Waals surface area (Å²) in [6.45, 7) is 12.6. The van der Waals surface area contributed by atoms with Crippen LogP contribution in [0.25, 0.3) is 0 Å². The highest BCUT2D eigenvalue weighted by Gasteiger charge is 2.16. The van der Waals surface area contributed by atoms with Gasteiger partial charge in [0.2, 0.25) is 5.91 Å². The van der Waals surface area contributed by atoms with Crippen molar-refractivity contribution in [2.75, 3.05) is 0 Å². The lowest BCUT2D eigenvalue weighted by atomic mass is 10.0. The second-order valence-electron chi connectivity index (χ2n) is 5.24. The third-order valence-corrected chi connectivity index (χ3v) is 2.75. The molecule has 0 bridgehead atoms. The van der Waals surface area contributed by atoms with Gasteiger partial charge in [-0.25, -0.2) is 0 Å². The molecule has 0 aromatic heterocycles. The number of carbonyl (C=O) groups is 1. The summed E-state index contributed by atoms with van der Waals surface area (Å²) in [4.78, 5) is 11.8.